The predicted octanol–water partition coefficient (Wildman–Crippen LogP) is 3.04. The Balaban J connectivity index is 1.87. The fourth-order valence-electron chi connectivity index (χ4n) is 1.89. The van der Waals surface area contributed by atoms with Crippen molar-refractivity contribution in [2.24, 2.45) is 7.05 Å². The third kappa shape index (κ3) is 3.84. The molecule has 0 aliphatic carbocycles. The van der Waals surface area contributed by atoms with E-state index in [0.29, 0.717) is 23.6 Å². The van der Waals surface area contributed by atoms with E-state index >= 15 is 0 Å². The molecule has 0 aliphatic rings. The monoisotopic (exact) mass is 292 g/mol. The molecule has 1 unspecified atom stereocenters. The Morgan fingerprint density at radius 1 is 1.50 bits per heavy atom. The van der Waals surface area contributed by atoms with E-state index in [1.807, 2.05) is 17.8 Å². The predicted molar refractivity (Wildman–Crippen MR) is 78.1 cm³/mol. The van der Waals surface area contributed by atoms with Crippen LogP contribution in [0.3, 0.4) is 0 Å². The highest BCUT2D eigenvalue weighted by Gasteiger charge is 2.15. The summed E-state index contributed by atoms with van der Waals surface area (Å²) in [4.78, 5) is 16.2. The molecule has 0 aliphatic heterocycles. The second-order valence-corrected chi connectivity index (χ2v) is 5.07. The third-order valence-corrected chi connectivity index (χ3v) is 3.31. The molecule has 2 aromatic rings. The fourth-order valence-corrected chi connectivity index (χ4v) is 2.07. The maximum absolute atomic E-state index is 12.0. The van der Waals surface area contributed by atoms with Crippen LogP contribution in [0.2, 0.25) is 5.02 Å². The zero-order chi connectivity index (χ0) is 14.5. The summed E-state index contributed by atoms with van der Waals surface area (Å²) in [5.74, 6) is 1.55. The minimum Gasteiger partial charge on any atom is -0.483 e. The number of hydrogen-bond acceptors (Lipinski definition) is 3. The van der Waals surface area contributed by atoms with Gasteiger partial charge in [-0.05, 0) is 25.1 Å². The first-order valence-corrected chi connectivity index (χ1v) is 6.85. The van der Waals surface area contributed by atoms with E-state index in [-0.39, 0.29) is 5.78 Å². The number of hydrogen-bond donors (Lipinski definition) is 0. The van der Waals surface area contributed by atoms with E-state index < -0.39 is 6.10 Å². The highest BCUT2D eigenvalue weighted by molar-refractivity contribution is 6.30. The van der Waals surface area contributed by atoms with E-state index in [1.54, 1.807) is 37.4 Å². The largest absolute Gasteiger partial charge is 0.483 e. The molecule has 1 heterocycles. The Kier molecular flexibility index (Phi) is 4.79. The Hall–Kier alpha value is -1.81. The van der Waals surface area contributed by atoms with Crippen LogP contribution in [0.4, 0.5) is 0 Å². The average Bonchev–Trinajstić information content (AvgIpc) is 2.81. The van der Waals surface area contributed by atoms with Crippen LogP contribution in [0, 0.1) is 0 Å². The van der Waals surface area contributed by atoms with Gasteiger partial charge in [-0.3, -0.25) is 4.79 Å². The molecule has 4 nitrogen and oxygen atoms in total. The smallest absolute Gasteiger partial charge is 0.173 e. The van der Waals surface area contributed by atoms with Gasteiger partial charge in [0.2, 0.25) is 0 Å². The number of nitrogens with zero attached hydrogens (tertiary/aromatic N) is 2. The number of Topliss-reactive ketones (excluding diaryl/α,β-unsaturated/α-hetero) is 1. The highest BCUT2D eigenvalue weighted by atomic mass is 35.5. The van der Waals surface area contributed by atoms with Gasteiger partial charge in [0.05, 0.1) is 0 Å². The van der Waals surface area contributed by atoms with Crippen LogP contribution < -0.4 is 4.74 Å². The lowest BCUT2D eigenvalue weighted by atomic mass is 10.1. The molecule has 1 atom stereocenters. The van der Waals surface area contributed by atoms with Gasteiger partial charge in [0.25, 0.3) is 0 Å². The lowest BCUT2D eigenvalue weighted by Crippen LogP contribution is -2.24. The van der Waals surface area contributed by atoms with E-state index in [2.05, 4.69) is 4.98 Å². The Morgan fingerprint density at radius 2 is 2.30 bits per heavy atom. The van der Waals surface area contributed by atoms with Crippen LogP contribution in [0.1, 0.15) is 19.2 Å². The van der Waals surface area contributed by atoms with E-state index in [0.717, 1.165) is 5.82 Å². The molecule has 0 radical (unpaired) electrons. The van der Waals surface area contributed by atoms with Gasteiger partial charge in [0.15, 0.2) is 11.9 Å². The summed E-state index contributed by atoms with van der Waals surface area (Å²) in [7, 11) is 1.92. The topological polar surface area (TPSA) is 44.1 Å². The van der Waals surface area contributed by atoms with Crippen LogP contribution in [0.5, 0.6) is 5.75 Å². The first-order valence-electron chi connectivity index (χ1n) is 6.47. The quantitative estimate of drug-likeness (QED) is 0.822. The van der Waals surface area contributed by atoms with Crippen molar-refractivity contribution in [3.8, 4) is 5.75 Å². The molecule has 1 aromatic carbocycles. The zero-order valence-electron chi connectivity index (χ0n) is 11.5. The third-order valence-electron chi connectivity index (χ3n) is 3.08. The van der Waals surface area contributed by atoms with Crippen LogP contribution in [0.15, 0.2) is 36.7 Å². The van der Waals surface area contributed by atoms with Crippen LogP contribution in [-0.4, -0.2) is 21.4 Å². The van der Waals surface area contributed by atoms with Gasteiger partial charge in [-0.1, -0.05) is 17.7 Å². The maximum atomic E-state index is 12.0. The second kappa shape index (κ2) is 6.57. The Labute approximate surface area is 123 Å². The molecule has 0 amide bonds. The summed E-state index contributed by atoms with van der Waals surface area (Å²) < 4.78 is 7.51. The number of aromatic nitrogens is 2. The minimum atomic E-state index is -0.492. The van der Waals surface area contributed by atoms with Crippen molar-refractivity contribution in [3.63, 3.8) is 0 Å². The summed E-state index contributed by atoms with van der Waals surface area (Å²) in [6.07, 6.45) is 4.13. The maximum Gasteiger partial charge on any atom is 0.173 e. The summed E-state index contributed by atoms with van der Waals surface area (Å²) in [5, 5.41) is 0.593. The molecule has 5 heteroatoms. The van der Waals surface area contributed by atoms with Crippen LogP contribution in [-0.2, 0) is 18.3 Å². The molecule has 1 aromatic heterocycles. The lowest BCUT2D eigenvalue weighted by molar-refractivity contribution is -0.125. The number of imidazole rings is 1. The standard InChI is InChI=1S/C15H17ClN2O2/c1-11(20-13-5-3-4-12(16)10-13)14(19)6-7-15-17-8-9-18(15)2/h3-5,8-11H,6-7H2,1-2H3. The van der Waals surface area contributed by atoms with Gasteiger partial charge in [-0.15, -0.1) is 0 Å². The molecule has 106 valence electrons. The fraction of sp³-hybridized carbons (Fsp3) is 0.333. The molecule has 0 N–H and O–H groups in total. The minimum absolute atomic E-state index is 0.0491. The number of halogens is 1. The van der Waals surface area contributed by atoms with Crippen molar-refractivity contribution < 1.29 is 9.53 Å². The lowest BCUT2D eigenvalue weighted by Gasteiger charge is -2.13. The van der Waals surface area contributed by atoms with Crippen molar-refractivity contribution in [2.45, 2.75) is 25.9 Å². The van der Waals surface area contributed by atoms with E-state index in [9.17, 15) is 4.79 Å². The van der Waals surface area contributed by atoms with Gasteiger partial charge in [0.1, 0.15) is 11.6 Å². The van der Waals surface area contributed by atoms with Crippen molar-refractivity contribution >= 4 is 17.4 Å². The van der Waals surface area contributed by atoms with Gasteiger partial charge >= 0.3 is 0 Å². The number of ether oxygens (including phenoxy) is 1. The van der Waals surface area contributed by atoms with Crippen LogP contribution in [0.25, 0.3) is 0 Å². The van der Waals surface area contributed by atoms with E-state index in [4.69, 9.17) is 16.3 Å². The number of aryl methyl sites for hydroxylation is 2. The molecular weight excluding hydrogens is 276 g/mol. The molecule has 0 saturated carbocycles. The van der Waals surface area contributed by atoms with Gasteiger partial charge < -0.3 is 9.30 Å². The number of ketones is 1. The van der Waals surface area contributed by atoms with Crippen molar-refractivity contribution in [2.75, 3.05) is 0 Å². The average molecular weight is 293 g/mol. The number of carbonyl (C=O) groups excluding carboxylic acids is 1. The molecular formula is C15H17ClN2O2. The molecule has 0 bridgehead atoms. The second-order valence-electron chi connectivity index (χ2n) is 4.64. The molecule has 0 spiro atoms. The van der Waals surface area contributed by atoms with Crippen molar-refractivity contribution in [3.05, 3.63) is 47.5 Å². The first-order chi connectivity index (χ1) is 9.56. The zero-order valence-corrected chi connectivity index (χ0v) is 12.3. The SMILES string of the molecule is CC(Oc1cccc(Cl)c1)C(=O)CCc1nccn1C. The summed E-state index contributed by atoms with van der Waals surface area (Å²) >= 11 is 5.88. The van der Waals surface area contributed by atoms with Gasteiger partial charge in [-0.25, -0.2) is 4.98 Å². The highest BCUT2D eigenvalue weighted by Crippen LogP contribution is 2.19. The molecule has 0 fully saturated rings. The molecule has 20 heavy (non-hydrogen) atoms. The summed E-state index contributed by atoms with van der Waals surface area (Å²) in [6.45, 7) is 1.75. The number of carbonyl (C=O) groups is 1. The molecule has 2 rings (SSSR count). The Bertz CT molecular complexity index is 595. The summed E-state index contributed by atoms with van der Waals surface area (Å²) in [6, 6.07) is 7.04. The van der Waals surface area contributed by atoms with Crippen molar-refractivity contribution in [1.82, 2.24) is 9.55 Å². The van der Waals surface area contributed by atoms with Crippen LogP contribution >= 0.6 is 11.6 Å². The summed E-state index contributed by atoms with van der Waals surface area (Å²) in [5.41, 5.74) is 0. The molecule has 0 saturated heterocycles. The van der Waals surface area contributed by atoms with E-state index in [1.165, 1.54) is 0 Å². The van der Waals surface area contributed by atoms with Crippen molar-refractivity contribution in [1.29, 1.82) is 0 Å². The Morgan fingerprint density at radius 3 is 2.95 bits per heavy atom. The number of rotatable bonds is 6. The van der Waals surface area contributed by atoms with Gasteiger partial charge in [-0.2, -0.15) is 0 Å². The number of benzene rings is 1. The first kappa shape index (κ1) is 14.6. The van der Waals surface area contributed by atoms with Gasteiger partial charge in [0, 0.05) is 37.3 Å². The normalized spacial score (nSPS) is 12.2.